The highest BCUT2D eigenvalue weighted by atomic mass is 16.5. The van der Waals surface area contributed by atoms with Crippen molar-refractivity contribution in [2.45, 2.75) is 19.9 Å². The number of carbonyl (C=O) groups excluding carboxylic acids is 1. The average Bonchev–Trinajstić information content (AvgIpc) is 3.28. The summed E-state index contributed by atoms with van der Waals surface area (Å²) >= 11 is 0. The Labute approximate surface area is 214 Å². The molecule has 2 aromatic heterocycles. The van der Waals surface area contributed by atoms with E-state index >= 15 is 0 Å². The van der Waals surface area contributed by atoms with Gasteiger partial charge < -0.3 is 20.1 Å². The number of esters is 1. The van der Waals surface area contributed by atoms with Gasteiger partial charge in [-0.3, -0.25) is 9.48 Å². The van der Waals surface area contributed by atoms with Crippen LogP contribution in [0, 0.1) is 0 Å². The van der Waals surface area contributed by atoms with Crippen LogP contribution in [0.3, 0.4) is 0 Å². The minimum Gasteiger partial charge on any atom is -0.491 e. The van der Waals surface area contributed by atoms with E-state index < -0.39 is 0 Å². The van der Waals surface area contributed by atoms with Crippen molar-refractivity contribution in [1.29, 1.82) is 0 Å². The molecule has 5 rings (SSSR count). The topological polar surface area (TPSA) is 103 Å². The van der Waals surface area contributed by atoms with Crippen molar-refractivity contribution in [2.24, 2.45) is 0 Å². The fourth-order valence-corrected chi connectivity index (χ4v) is 4.21. The molecule has 1 aliphatic rings. The zero-order chi connectivity index (χ0) is 25.6. The molecule has 4 aromatic rings. The molecular formula is C28H28N6O3. The van der Waals surface area contributed by atoms with Gasteiger partial charge in [0.1, 0.15) is 5.69 Å². The van der Waals surface area contributed by atoms with E-state index in [1.165, 1.54) is 0 Å². The van der Waals surface area contributed by atoms with Gasteiger partial charge in [-0.25, -0.2) is 9.97 Å². The molecule has 188 valence electrons. The number of ether oxygens (including phenoxy) is 2. The van der Waals surface area contributed by atoms with Crippen LogP contribution in [0.15, 0.2) is 78.8 Å². The van der Waals surface area contributed by atoms with Crippen molar-refractivity contribution < 1.29 is 14.3 Å². The Morgan fingerprint density at radius 2 is 2.03 bits per heavy atom. The third kappa shape index (κ3) is 5.45. The van der Waals surface area contributed by atoms with Gasteiger partial charge in [0.2, 0.25) is 0 Å². The zero-order valence-electron chi connectivity index (χ0n) is 20.8. The molecule has 0 atom stereocenters. The minimum atomic E-state index is -0.233. The summed E-state index contributed by atoms with van der Waals surface area (Å²) in [5, 5.41) is 12.3. The van der Waals surface area contributed by atoms with E-state index in [4.69, 9.17) is 19.6 Å². The molecule has 0 spiro atoms. The normalized spacial score (nSPS) is 12.6. The quantitative estimate of drug-likeness (QED) is 0.334. The van der Waals surface area contributed by atoms with Crippen LogP contribution >= 0.6 is 0 Å². The molecule has 9 nitrogen and oxygen atoms in total. The summed E-state index contributed by atoms with van der Waals surface area (Å²) in [5.41, 5.74) is 4.50. The molecule has 0 bridgehead atoms. The Bertz CT molecular complexity index is 1490. The Morgan fingerprint density at radius 3 is 2.84 bits per heavy atom. The van der Waals surface area contributed by atoms with Crippen molar-refractivity contribution in [1.82, 2.24) is 25.1 Å². The van der Waals surface area contributed by atoms with Crippen LogP contribution < -0.4 is 15.4 Å². The second-order valence-corrected chi connectivity index (χ2v) is 8.46. The summed E-state index contributed by atoms with van der Waals surface area (Å²) in [4.78, 5) is 21.3. The van der Waals surface area contributed by atoms with Crippen LogP contribution in [0.25, 0.3) is 22.4 Å². The molecule has 2 aromatic carbocycles. The molecule has 0 saturated carbocycles. The van der Waals surface area contributed by atoms with Gasteiger partial charge in [-0.1, -0.05) is 42.5 Å². The number of nitrogens with zero attached hydrogens (tertiary/aromatic N) is 4. The van der Waals surface area contributed by atoms with E-state index in [9.17, 15) is 4.79 Å². The minimum absolute atomic E-state index is 0.233. The van der Waals surface area contributed by atoms with Crippen molar-refractivity contribution in [3.8, 4) is 17.3 Å². The lowest BCUT2D eigenvalue weighted by Gasteiger charge is -2.13. The highest BCUT2D eigenvalue weighted by Crippen LogP contribution is 2.30. The van der Waals surface area contributed by atoms with Crippen LogP contribution in [0.4, 0.5) is 5.82 Å². The van der Waals surface area contributed by atoms with Gasteiger partial charge in [-0.05, 0) is 42.5 Å². The Kier molecular flexibility index (Phi) is 7.12. The summed E-state index contributed by atoms with van der Waals surface area (Å²) in [6.45, 7) is 3.44. The summed E-state index contributed by atoms with van der Waals surface area (Å²) in [5.74, 6) is 1.37. The first-order valence-corrected chi connectivity index (χ1v) is 12.1. The Balaban J connectivity index is 1.48. The Hall–Kier alpha value is -4.66. The second-order valence-electron chi connectivity index (χ2n) is 8.46. The molecule has 0 saturated heterocycles. The van der Waals surface area contributed by atoms with E-state index in [2.05, 4.69) is 15.6 Å². The van der Waals surface area contributed by atoms with Gasteiger partial charge in [-0.15, -0.1) is 0 Å². The predicted molar refractivity (Wildman–Crippen MR) is 142 cm³/mol. The van der Waals surface area contributed by atoms with Gasteiger partial charge in [0.15, 0.2) is 17.4 Å². The number of benzene rings is 2. The summed E-state index contributed by atoms with van der Waals surface area (Å²) in [6, 6.07) is 15.9. The summed E-state index contributed by atoms with van der Waals surface area (Å²) < 4.78 is 12.5. The van der Waals surface area contributed by atoms with Crippen LogP contribution in [0.1, 0.15) is 18.1 Å². The molecule has 3 heterocycles. The third-order valence-corrected chi connectivity index (χ3v) is 5.91. The van der Waals surface area contributed by atoms with Crippen LogP contribution in [-0.4, -0.2) is 46.0 Å². The number of allylic oxidation sites excluding steroid dienone is 1. The number of nitrogens with one attached hydrogen (secondary N) is 2. The lowest BCUT2D eigenvalue weighted by atomic mass is 10.1. The number of anilines is 1. The van der Waals surface area contributed by atoms with Crippen LogP contribution in [-0.2, 0) is 22.5 Å². The first kappa shape index (κ1) is 24.1. The standard InChI is InChI=1S/C28H28N6O3/c1-3-37-25(35)16-19-7-6-8-20(15-19)18-34-23-10-5-4-9-22(23)26(33-34)28-30-17-24(36-2)27(32-28)31-21-11-13-29-14-12-21/h4-13,15,17,29H,3,14,16,18H2,1-2H3,(H,30,31,32). The molecule has 0 radical (unpaired) electrons. The van der Waals surface area contributed by atoms with Crippen LogP contribution in [0.5, 0.6) is 5.75 Å². The van der Waals surface area contributed by atoms with Crippen molar-refractivity contribution in [2.75, 3.05) is 25.6 Å². The molecule has 0 fully saturated rings. The number of carbonyl (C=O) groups is 1. The van der Waals surface area contributed by atoms with Crippen LogP contribution in [0.2, 0.25) is 0 Å². The largest absolute Gasteiger partial charge is 0.491 e. The molecular weight excluding hydrogens is 468 g/mol. The van der Waals surface area contributed by atoms with Crippen molar-refractivity contribution in [3.63, 3.8) is 0 Å². The van der Waals surface area contributed by atoms with Gasteiger partial charge in [-0.2, -0.15) is 5.10 Å². The second kappa shape index (κ2) is 10.9. The van der Waals surface area contributed by atoms with E-state index in [1.54, 1.807) is 13.3 Å². The number of dihydropyridines is 1. The molecule has 0 amide bonds. The fourth-order valence-electron chi connectivity index (χ4n) is 4.21. The predicted octanol–water partition coefficient (Wildman–Crippen LogP) is 4.07. The maximum absolute atomic E-state index is 11.9. The fraction of sp³-hybridized carbons (Fsp3) is 0.214. The number of hydrogen-bond donors (Lipinski definition) is 2. The highest BCUT2D eigenvalue weighted by Gasteiger charge is 2.18. The lowest BCUT2D eigenvalue weighted by Crippen LogP contribution is -2.13. The monoisotopic (exact) mass is 496 g/mol. The molecule has 0 aliphatic carbocycles. The number of rotatable bonds is 9. The number of methoxy groups -OCH3 is 1. The zero-order valence-corrected chi connectivity index (χ0v) is 20.8. The molecule has 9 heteroatoms. The van der Waals surface area contributed by atoms with E-state index in [0.29, 0.717) is 36.2 Å². The van der Waals surface area contributed by atoms with Gasteiger partial charge in [0, 0.05) is 17.6 Å². The number of fused-ring (bicyclic) bond motifs is 1. The maximum atomic E-state index is 11.9. The Morgan fingerprint density at radius 1 is 1.16 bits per heavy atom. The molecule has 2 N–H and O–H groups in total. The highest BCUT2D eigenvalue weighted by molar-refractivity contribution is 5.92. The first-order valence-electron chi connectivity index (χ1n) is 12.1. The van der Waals surface area contributed by atoms with Gasteiger partial charge in [0.05, 0.1) is 38.4 Å². The maximum Gasteiger partial charge on any atom is 0.310 e. The number of para-hydroxylation sites is 1. The third-order valence-electron chi connectivity index (χ3n) is 5.91. The van der Waals surface area contributed by atoms with E-state index in [1.807, 2.05) is 78.5 Å². The van der Waals surface area contributed by atoms with Gasteiger partial charge in [0.25, 0.3) is 0 Å². The SMILES string of the molecule is CCOC(=O)Cc1cccc(Cn2nc(-c3ncc(OC)c(NC4=CCNC=C4)n3)c3ccccc32)c1. The lowest BCUT2D eigenvalue weighted by molar-refractivity contribution is -0.142. The number of aromatic nitrogens is 4. The first-order chi connectivity index (χ1) is 18.1. The average molecular weight is 497 g/mol. The molecule has 37 heavy (non-hydrogen) atoms. The summed E-state index contributed by atoms with van der Waals surface area (Å²) in [7, 11) is 1.59. The number of hydrogen-bond acceptors (Lipinski definition) is 8. The van der Waals surface area contributed by atoms with E-state index in [-0.39, 0.29) is 12.4 Å². The van der Waals surface area contributed by atoms with Crippen molar-refractivity contribution in [3.05, 3.63) is 89.9 Å². The van der Waals surface area contributed by atoms with E-state index in [0.717, 1.165) is 34.3 Å². The summed E-state index contributed by atoms with van der Waals surface area (Å²) in [6.07, 6.45) is 7.74. The smallest absolute Gasteiger partial charge is 0.310 e. The molecule has 0 unspecified atom stereocenters. The van der Waals surface area contributed by atoms with Crippen molar-refractivity contribution >= 4 is 22.7 Å². The van der Waals surface area contributed by atoms with Gasteiger partial charge >= 0.3 is 5.97 Å². The molecule has 1 aliphatic heterocycles.